The number of hydrogen-bond donors (Lipinski definition) is 1. The molecule has 2 aromatic carbocycles. The van der Waals surface area contributed by atoms with Gasteiger partial charge in [-0.25, -0.2) is 8.42 Å². The van der Waals surface area contributed by atoms with Crippen molar-refractivity contribution in [1.82, 2.24) is 5.32 Å². The maximum atomic E-state index is 12.6. The number of carbonyl (C=O) groups is 1. The van der Waals surface area contributed by atoms with E-state index in [2.05, 4.69) is 5.32 Å². The highest BCUT2D eigenvalue weighted by molar-refractivity contribution is 7.92. The van der Waals surface area contributed by atoms with E-state index in [9.17, 15) is 26.4 Å². The van der Waals surface area contributed by atoms with Crippen LogP contribution in [0.2, 0.25) is 0 Å². The van der Waals surface area contributed by atoms with Crippen molar-refractivity contribution in [2.24, 2.45) is 0 Å². The number of fused-ring (bicyclic) bond motifs is 1. The molecule has 0 saturated heterocycles. The molecule has 0 radical (unpaired) electrons. The van der Waals surface area contributed by atoms with Gasteiger partial charge >= 0.3 is 6.18 Å². The lowest BCUT2D eigenvalue weighted by atomic mass is 10.0. The summed E-state index contributed by atoms with van der Waals surface area (Å²) in [6.07, 6.45) is -1.92. The second kappa shape index (κ2) is 7.46. The van der Waals surface area contributed by atoms with E-state index in [1.165, 1.54) is 16.4 Å². The molecule has 0 fully saturated rings. The average molecular weight is 412 g/mol. The summed E-state index contributed by atoms with van der Waals surface area (Å²) in [4.78, 5) is 12.4. The third-order valence-electron chi connectivity index (χ3n) is 4.55. The number of alkyl halides is 3. The van der Waals surface area contributed by atoms with Crippen LogP contribution in [0.1, 0.15) is 33.5 Å². The summed E-state index contributed by atoms with van der Waals surface area (Å²) in [5.41, 5.74) is 1.53. The molecule has 0 bridgehead atoms. The van der Waals surface area contributed by atoms with Crippen LogP contribution in [0.5, 0.6) is 0 Å². The Labute approximate surface area is 161 Å². The smallest absolute Gasteiger partial charge is 0.348 e. The average Bonchev–Trinajstić information content (AvgIpc) is 2.64. The van der Waals surface area contributed by atoms with E-state index in [1.807, 2.05) is 0 Å². The zero-order chi connectivity index (χ0) is 20.5. The molecule has 0 atom stereocenters. The molecule has 0 aliphatic carbocycles. The van der Waals surface area contributed by atoms with Crippen LogP contribution in [0, 0.1) is 0 Å². The highest BCUT2D eigenvalue weighted by atomic mass is 32.2. The van der Waals surface area contributed by atoms with Gasteiger partial charge in [-0.05, 0) is 54.3 Å². The molecule has 1 amide bonds. The highest BCUT2D eigenvalue weighted by Crippen LogP contribution is 2.30. The van der Waals surface area contributed by atoms with Crippen LogP contribution in [0.15, 0.2) is 42.5 Å². The van der Waals surface area contributed by atoms with E-state index < -0.39 is 21.8 Å². The van der Waals surface area contributed by atoms with Gasteiger partial charge in [-0.3, -0.25) is 9.10 Å². The van der Waals surface area contributed by atoms with Crippen LogP contribution in [0.3, 0.4) is 0 Å². The molecule has 1 heterocycles. The molecule has 5 nitrogen and oxygen atoms in total. The van der Waals surface area contributed by atoms with Gasteiger partial charge < -0.3 is 5.32 Å². The van der Waals surface area contributed by atoms with Crippen LogP contribution in [0.4, 0.5) is 18.9 Å². The largest absolute Gasteiger partial charge is 0.416 e. The first-order valence-corrected chi connectivity index (χ1v) is 10.5. The van der Waals surface area contributed by atoms with E-state index in [0.717, 1.165) is 24.0 Å². The van der Waals surface area contributed by atoms with Crippen LogP contribution in [0.25, 0.3) is 0 Å². The van der Waals surface area contributed by atoms with Crippen LogP contribution >= 0.6 is 0 Å². The third kappa shape index (κ3) is 4.46. The Morgan fingerprint density at radius 1 is 1.14 bits per heavy atom. The number of sulfonamides is 1. The molecule has 3 rings (SSSR count). The van der Waals surface area contributed by atoms with E-state index in [4.69, 9.17) is 0 Å². The van der Waals surface area contributed by atoms with Crippen molar-refractivity contribution in [1.29, 1.82) is 0 Å². The third-order valence-corrected chi connectivity index (χ3v) is 5.73. The van der Waals surface area contributed by atoms with Crippen LogP contribution in [-0.2, 0) is 29.2 Å². The van der Waals surface area contributed by atoms with Crippen molar-refractivity contribution < 1.29 is 26.4 Å². The molecule has 0 spiro atoms. The molecule has 0 aromatic heterocycles. The van der Waals surface area contributed by atoms with Gasteiger partial charge in [0.25, 0.3) is 5.91 Å². The summed E-state index contributed by atoms with van der Waals surface area (Å²) in [5, 5.41) is 2.67. The zero-order valence-electron chi connectivity index (χ0n) is 15.1. The van der Waals surface area contributed by atoms with E-state index in [-0.39, 0.29) is 12.5 Å². The predicted octanol–water partition coefficient (Wildman–Crippen LogP) is 3.35. The summed E-state index contributed by atoms with van der Waals surface area (Å²) in [6, 6.07) is 9.40. The minimum Gasteiger partial charge on any atom is -0.348 e. The monoisotopic (exact) mass is 412 g/mol. The zero-order valence-corrected chi connectivity index (χ0v) is 15.9. The molecular weight excluding hydrogens is 393 g/mol. The van der Waals surface area contributed by atoms with Crippen molar-refractivity contribution >= 4 is 21.6 Å². The molecule has 9 heteroatoms. The molecule has 1 N–H and O–H groups in total. The summed E-state index contributed by atoms with van der Waals surface area (Å²) >= 11 is 0. The van der Waals surface area contributed by atoms with Gasteiger partial charge in [0, 0.05) is 18.7 Å². The van der Waals surface area contributed by atoms with Crippen molar-refractivity contribution in [3.05, 3.63) is 64.7 Å². The molecule has 0 unspecified atom stereocenters. The normalized spacial score (nSPS) is 14.5. The summed E-state index contributed by atoms with van der Waals surface area (Å²) in [6.45, 7) is 0.495. The molecule has 28 heavy (non-hydrogen) atoms. The van der Waals surface area contributed by atoms with E-state index in [0.29, 0.717) is 36.2 Å². The Morgan fingerprint density at radius 2 is 1.82 bits per heavy atom. The lowest BCUT2D eigenvalue weighted by molar-refractivity contribution is -0.137. The fourth-order valence-corrected chi connectivity index (χ4v) is 4.14. The number of amides is 1. The lowest BCUT2D eigenvalue weighted by Gasteiger charge is -2.29. The topological polar surface area (TPSA) is 66.5 Å². The molecule has 0 saturated carbocycles. The van der Waals surface area contributed by atoms with Gasteiger partial charge in [0.1, 0.15) is 0 Å². The standard InChI is InChI=1S/C19H19F3N2O3S/c1-28(26,27)24-10-2-3-14-11-15(6-9-17(14)24)18(25)23-12-13-4-7-16(8-5-13)19(20,21)22/h4-9,11H,2-3,10,12H2,1H3,(H,23,25). The number of anilines is 1. The van der Waals surface area contributed by atoms with Gasteiger partial charge in [0.2, 0.25) is 10.0 Å². The van der Waals surface area contributed by atoms with Crippen molar-refractivity contribution in [2.45, 2.75) is 25.6 Å². The van der Waals surface area contributed by atoms with Crippen molar-refractivity contribution in [3.8, 4) is 0 Å². The Balaban J connectivity index is 1.70. The van der Waals surface area contributed by atoms with Gasteiger partial charge in [-0.1, -0.05) is 12.1 Å². The second-order valence-electron chi connectivity index (χ2n) is 6.66. The first kappa shape index (κ1) is 20.2. The van der Waals surface area contributed by atoms with Crippen LogP contribution < -0.4 is 9.62 Å². The van der Waals surface area contributed by atoms with Gasteiger partial charge in [0.05, 0.1) is 17.5 Å². The molecule has 1 aliphatic heterocycles. The number of halogens is 3. The van der Waals surface area contributed by atoms with Gasteiger partial charge in [0.15, 0.2) is 0 Å². The SMILES string of the molecule is CS(=O)(=O)N1CCCc2cc(C(=O)NCc3ccc(C(F)(F)F)cc3)ccc21. The maximum Gasteiger partial charge on any atom is 0.416 e. The Kier molecular flexibility index (Phi) is 5.38. The van der Waals surface area contributed by atoms with Crippen LogP contribution in [-0.4, -0.2) is 27.1 Å². The Morgan fingerprint density at radius 3 is 2.43 bits per heavy atom. The highest BCUT2D eigenvalue weighted by Gasteiger charge is 2.30. The van der Waals surface area contributed by atoms with E-state index >= 15 is 0 Å². The minimum absolute atomic E-state index is 0.0868. The number of nitrogens with zero attached hydrogens (tertiary/aromatic N) is 1. The van der Waals surface area contributed by atoms with Gasteiger partial charge in [-0.15, -0.1) is 0 Å². The number of rotatable bonds is 4. The Hall–Kier alpha value is -2.55. The fourth-order valence-electron chi connectivity index (χ4n) is 3.14. The molecule has 150 valence electrons. The number of benzene rings is 2. The fraction of sp³-hybridized carbons (Fsp3) is 0.316. The number of aryl methyl sites for hydroxylation is 1. The summed E-state index contributed by atoms with van der Waals surface area (Å²) in [5.74, 6) is -0.376. The first-order chi connectivity index (χ1) is 13.1. The lowest BCUT2D eigenvalue weighted by Crippen LogP contribution is -2.34. The van der Waals surface area contributed by atoms with Gasteiger partial charge in [-0.2, -0.15) is 13.2 Å². The maximum absolute atomic E-state index is 12.6. The second-order valence-corrected chi connectivity index (χ2v) is 8.57. The van der Waals surface area contributed by atoms with E-state index in [1.54, 1.807) is 18.2 Å². The summed E-state index contributed by atoms with van der Waals surface area (Å²) in [7, 11) is -3.38. The predicted molar refractivity (Wildman–Crippen MR) is 99.6 cm³/mol. The molecular formula is C19H19F3N2O3S. The summed E-state index contributed by atoms with van der Waals surface area (Å²) < 4.78 is 62.9. The number of nitrogens with one attached hydrogen (secondary N) is 1. The quantitative estimate of drug-likeness (QED) is 0.838. The molecule has 1 aliphatic rings. The first-order valence-electron chi connectivity index (χ1n) is 8.61. The Bertz CT molecular complexity index is 986. The van der Waals surface area contributed by atoms with Crippen molar-refractivity contribution in [3.63, 3.8) is 0 Å². The number of carbonyl (C=O) groups excluding carboxylic acids is 1. The minimum atomic E-state index is -4.40. The number of hydrogen-bond acceptors (Lipinski definition) is 3. The molecule has 2 aromatic rings. The van der Waals surface area contributed by atoms with Crippen molar-refractivity contribution in [2.75, 3.05) is 17.1 Å².